The fourth-order valence-corrected chi connectivity index (χ4v) is 4.13. The van der Waals surface area contributed by atoms with Gasteiger partial charge < -0.3 is 10.4 Å². The molecule has 5 rings (SSSR count). The first kappa shape index (κ1) is 22.7. The molecular weight excluding hydrogens is 440 g/mol. The van der Waals surface area contributed by atoms with Crippen molar-refractivity contribution in [3.05, 3.63) is 65.2 Å². The van der Waals surface area contributed by atoms with E-state index in [4.69, 9.17) is 10.4 Å². The largest absolute Gasteiger partial charge is 0.384 e. The molecule has 1 aliphatic rings. The summed E-state index contributed by atoms with van der Waals surface area (Å²) < 4.78 is 3.67. The van der Waals surface area contributed by atoms with Gasteiger partial charge in [0, 0.05) is 23.7 Å². The Bertz CT molecular complexity index is 1420. The van der Waals surface area contributed by atoms with E-state index in [0.29, 0.717) is 28.8 Å². The number of hydrogen-bond donors (Lipinski definition) is 2. The van der Waals surface area contributed by atoms with E-state index in [2.05, 4.69) is 26.5 Å². The molecule has 0 saturated heterocycles. The van der Waals surface area contributed by atoms with Gasteiger partial charge in [-0.05, 0) is 64.7 Å². The lowest BCUT2D eigenvalue weighted by Crippen LogP contribution is -2.21. The highest BCUT2D eigenvalue weighted by Crippen LogP contribution is 2.35. The molecule has 0 bridgehead atoms. The zero-order valence-corrected chi connectivity index (χ0v) is 20.3. The van der Waals surface area contributed by atoms with Gasteiger partial charge in [-0.25, -0.2) is 19.3 Å². The molecule has 0 unspecified atom stereocenters. The van der Waals surface area contributed by atoms with Crippen LogP contribution in [0, 0.1) is 31.1 Å². The van der Waals surface area contributed by atoms with Crippen molar-refractivity contribution in [3.63, 3.8) is 0 Å². The number of aliphatic hydroxyl groups is 1. The smallest absolute Gasteiger partial charge is 0.159 e. The Morgan fingerprint density at radius 1 is 1.11 bits per heavy atom. The molecule has 0 atom stereocenters. The molecule has 0 spiro atoms. The predicted molar refractivity (Wildman–Crippen MR) is 132 cm³/mol. The van der Waals surface area contributed by atoms with Crippen molar-refractivity contribution >= 4 is 11.6 Å². The Morgan fingerprint density at radius 3 is 2.51 bits per heavy atom. The van der Waals surface area contributed by atoms with Gasteiger partial charge in [-0.3, -0.25) is 0 Å². The predicted octanol–water partition coefficient (Wildman–Crippen LogP) is 4.40. The summed E-state index contributed by atoms with van der Waals surface area (Å²) in [6.45, 7) is 8.21. The minimum Gasteiger partial charge on any atom is -0.384 e. The third-order valence-electron chi connectivity index (χ3n) is 6.18. The van der Waals surface area contributed by atoms with Crippen LogP contribution >= 0.6 is 0 Å². The molecule has 1 aromatic carbocycles. The highest BCUT2D eigenvalue weighted by atomic mass is 16.3. The first-order chi connectivity index (χ1) is 16.7. The number of hydrogen-bond acceptors (Lipinski definition) is 7. The topological polar surface area (TPSA) is 117 Å². The molecule has 1 aliphatic carbocycles. The van der Waals surface area contributed by atoms with Crippen LogP contribution in [0.4, 0.5) is 11.6 Å². The van der Waals surface area contributed by atoms with Crippen LogP contribution in [0.3, 0.4) is 0 Å². The summed E-state index contributed by atoms with van der Waals surface area (Å²) in [5, 5.41) is 32.6. The van der Waals surface area contributed by atoms with Gasteiger partial charge in [-0.1, -0.05) is 12.1 Å². The van der Waals surface area contributed by atoms with Crippen molar-refractivity contribution in [2.75, 3.05) is 5.32 Å². The molecule has 2 N–H and O–H groups in total. The summed E-state index contributed by atoms with van der Waals surface area (Å²) in [5.74, 6) is 2.67. The summed E-state index contributed by atoms with van der Waals surface area (Å²) in [6, 6.07) is 13.3. The van der Waals surface area contributed by atoms with Crippen LogP contribution in [0.5, 0.6) is 0 Å². The summed E-state index contributed by atoms with van der Waals surface area (Å²) in [6.07, 6.45) is 3.91. The lowest BCUT2D eigenvalue weighted by Gasteiger charge is -2.18. The summed E-state index contributed by atoms with van der Waals surface area (Å²) >= 11 is 0. The van der Waals surface area contributed by atoms with Gasteiger partial charge in [-0.2, -0.15) is 15.5 Å². The van der Waals surface area contributed by atoms with Crippen LogP contribution in [0.25, 0.3) is 17.1 Å². The minimum atomic E-state index is -1.07. The Hall–Kier alpha value is -4.03. The van der Waals surface area contributed by atoms with Crippen LogP contribution in [-0.2, 0) is 12.1 Å². The van der Waals surface area contributed by atoms with E-state index in [0.717, 1.165) is 34.9 Å². The van der Waals surface area contributed by atoms with Crippen molar-refractivity contribution in [3.8, 4) is 23.1 Å². The molecular formula is C26H28N8O. The van der Waals surface area contributed by atoms with E-state index in [1.807, 2.05) is 54.9 Å². The quantitative estimate of drug-likeness (QED) is 0.413. The monoisotopic (exact) mass is 468 g/mol. The van der Waals surface area contributed by atoms with Gasteiger partial charge in [0.1, 0.15) is 23.6 Å². The van der Waals surface area contributed by atoms with E-state index in [-0.39, 0.29) is 0 Å². The van der Waals surface area contributed by atoms with Crippen molar-refractivity contribution in [1.29, 1.82) is 5.26 Å². The number of nitrogens with one attached hydrogen (secondary N) is 1. The van der Waals surface area contributed by atoms with Crippen molar-refractivity contribution < 1.29 is 5.11 Å². The van der Waals surface area contributed by atoms with Gasteiger partial charge in [0.25, 0.3) is 0 Å². The van der Waals surface area contributed by atoms with Gasteiger partial charge in [0.15, 0.2) is 5.82 Å². The average Bonchev–Trinajstić information content (AvgIpc) is 3.48. The van der Waals surface area contributed by atoms with E-state index in [1.54, 1.807) is 18.5 Å². The van der Waals surface area contributed by atoms with E-state index in [1.165, 1.54) is 19.2 Å². The van der Waals surface area contributed by atoms with Crippen molar-refractivity contribution in [1.82, 2.24) is 29.5 Å². The van der Waals surface area contributed by atoms with Gasteiger partial charge in [-0.15, -0.1) is 0 Å². The highest BCUT2D eigenvalue weighted by molar-refractivity contribution is 5.71. The number of nitriles is 1. The highest BCUT2D eigenvalue weighted by Gasteiger charge is 2.26. The number of benzene rings is 1. The van der Waals surface area contributed by atoms with Crippen molar-refractivity contribution in [2.24, 2.45) is 5.92 Å². The summed E-state index contributed by atoms with van der Waals surface area (Å²) in [4.78, 5) is 8.84. The fraction of sp³-hybridized carbons (Fsp3) is 0.346. The Balaban J connectivity index is 1.52. The molecule has 35 heavy (non-hydrogen) atoms. The van der Waals surface area contributed by atoms with Gasteiger partial charge in [0.2, 0.25) is 0 Å². The fourth-order valence-electron chi connectivity index (χ4n) is 4.13. The number of aryl methyl sites for hydroxylation is 1. The molecule has 9 nitrogen and oxygen atoms in total. The third kappa shape index (κ3) is 4.66. The van der Waals surface area contributed by atoms with Gasteiger partial charge >= 0.3 is 0 Å². The normalized spacial score (nSPS) is 13.6. The zero-order valence-electron chi connectivity index (χ0n) is 20.3. The molecule has 4 aromatic rings. The lowest BCUT2D eigenvalue weighted by molar-refractivity contribution is 0.0710. The Labute approximate surface area is 204 Å². The van der Waals surface area contributed by atoms with Crippen LogP contribution in [0.1, 0.15) is 49.2 Å². The Morgan fingerprint density at radius 2 is 1.86 bits per heavy atom. The summed E-state index contributed by atoms with van der Waals surface area (Å²) in [7, 11) is 0. The zero-order chi connectivity index (χ0) is 24.7. The lowest BCUT2D eigenvalue weighted by atomic mass is 10.1. The minimum absolute atomic E-state index is 0.561. The van der Waals surface area contributed by atoms with Crippen LogP contribution < -0.4 is 5.32 Å². The molecule has 1 fully saturated rings. The number of anilines is 2. The van der Waals surface area contributed by atoms with Gasteiger partial charge in [0.05, 0.1) is 28.7 Å². The SMILES string of the molecule is Cc1cc(C(C)(C)O)n(-c2cc(Nc3c(C)c(-c4ccc(C#N)cc4)nn3CC3CC3)ncn2)n1. The molecule has 9 heteroatoms. The number of aromatic nitrogens is 6. The molecule has 0 amide bonds. The first-order valence-corrected chi connectivity index (χ1v) is 11.7. The third-order valence-corrected chi connectivity index (χ3v) is 6.18. The standard InChI is InChI=1S/C26H28N8O/c1-16-11-21(26(3,4)35)34(31-16)23-12-22(28-15-29-23)30-25-17(2)24(32-33(25)14-19-5-6-19)20-9-7-18(13-27)8-10-20/h7-12,15,19,35H,5-6,14H2,1-4H3,(H,28,29,30). The number of nitrogens with zero attached hydrogens (tertiary/aromatic N) is 7. The summed E-state index contributed by atoms with van der Waals surface area (Å²) in [5.41, 5.74) is 3.83. The molecule has 0 aliphatic heterocycles. The molecule has 3 heterocycles. The maximum atomic E-state index is 10.6. The van der Waals surface area contributed by atoms with Crippen molar-refractivity contribution in [2.45, 2.75) is 52.7 Å². The number of rotatable bonds is 7. The average molecular weight is 469 g/mol. The molecule has 1 saturated carbocycles. The first-order valence-electron chi connectivity index (χ1n) is 11.7. The molecule has 178 valence electrons. The van der Waals surface area contributed by atoms with Crippen LogP contribution in [-0.4, -0.2) is 34.6 Å². The van der Waals surface area contributed by atoms with E-state index >= 15 is 0 Å². The van der Waals surface area contributed by atoms with Crippen LogP contribution in [0.2, 0.25) is 0 Å². The maximum Gasteiger partial charge on any atom is 0.159 e. The molecule has 0 radical (unpaired) electrons. The second kappa shape index (κ2) is 8.64. The Kier molecular flexibility index (Phi) is 5.61. The molecule has 3 aromatic heterocycles. The van der Waals surface area contributed by atoms with Crippen LogP contribution in [0.15, 0.2) is 42.7 Å². The second-order valence-corrected chi connectivity index (χ2v) is 9.67. The maximum absolute atomic E-state index is 10.6. The van der Waals surface area contributed by atoms with E-state index < -0.39 is 5.60 Å². The van der Waals surface area contributed by atoms with E-state index in [9.17, 15) is 5.11 Å². The second-order valence-electron chi connectivity index (χ2n) is 9.67.